The fourth-order valence-corrected chi connectivity index (χ4v) is 4.51. The molecule has 2 aromatic rings. The van der Waals surface area contributed by atoms with Crippen LogP contribution in [0.15, 0.2) is 47.4 Å². The summed E-state index contributed by atoms with van der Waals surface area (Å²) in [5.74, 6) is -1.31. The molecule has 1 aliphatic carbocycles. The Morgan fingerprint density at radius 2 is 1.64 bits per heavy atom. The highest BCUT2D eigenvalue weighted by atomic mass is 32.2. The van der Waals surface area contributed by atoms with Gasteiger partial charge in [-0.05, 0) is 61.9 Å². The number of ketones is 1. The molecule has 3 rings (SSSR count). The first kappa shape index (κ1) is 20.3. The summed E-state index contributed by atoms with van der Waals surface area (Å²) in [6.07, 6.45) is 4.01. The molecule has 28 heavy (non-hydrogen) atoms. The monoisotopic (exact) mass is 400 g/mol. The van der Waals surface area contributed by atoms with Gasteiger partial charge in [-0.3, -0.25) is 9.59 Å². The van der Waals surface area contributed by atoms with E-state index in [0.29, 0.717) is 5.56 Å². The highest BCUT2D eigenvalue weighted by Gasteiger charge is 2.18. The molecule has 0 saturated carbocycles. The van der Waals surface area contributed by atoms with E-state index in [9.17, 15) is 18.0 Å². The number of rotatable bonds is 7. The average Bonchev–Trinajstić information content (AvgIpc) is 2.70. The highest BCUT2D eigenvalue weighted by molar-refractivity contribution is 7.91. The molecule has 1 aliphatic rings. The minimum Gasteiger partial charge on any atom is -0.457 e. The van der Waals surface area contributed by atoms with Gasteiger partial charge in [0.2, 0.25) is 0 Å². The summed E-state index contributed by atoms with van der Waals surface area (Å²) < 4.78 is 29.5. The molecule has 0 aromatic heterocycles. The fourth-order valence-electron chi connectivity index (χ4n) is 3.29. The van der Waals surface area contributed by atoms with E-state index in [1.807, 2.05) is 19.1 Å². The zero-order chi connectivity index (χ0) is 20.1. The summed E-state index contributed by atoms with van der Waals surface area (Å²) in [5, 5.41) is 0. The van der Waals surface area contributed by atoms with Crippen molar-refractivity contribution in [3.8, 4) is 0 Å². The molecular formula is C22H24O5S. The standard InChI is InChI=1S/C22H24O5S/c1-16-6-10-20(11-7-16)28(25,26)13-12-22(24)27-15-21(23)19-9-8-17-4-2-3-5-18(17)14-19/h6-11,14H,2-5,12-13,15H2,1H3. The zero-order valence-corrected chi connectivity index (χ0v) is 16.8. The van der Waals surface area contributed by atoms with Gasteiger partial charge in [0, 0.05) is 5.56 Å². The summed E-state index contributed by atoms with van der Waals surface area (Å²) in [6, 6.07) is 12.1. The normalized spacial score (nSPS) is 13.6. The quantitative estimate of drug-likeness (QED) is 0.525. The third-order valence-corrected chi connectivity index (χ3v) is 6.72. The molecule has 0 amide bonds. The second kappa shape index (κ2) is 8.69. The lowest BCUT2D eigenvalue weighted by atomic mass is 9.90. The van der Waals surface area contributed by atoms with E-state index in [1.54, 1.807) is 18.2 Å². The first-order valence-electron chi connectivity index (χ1n) is 9.45. The van der Waals surface area contributed by atoms with Crippen molar-refractivity contribution in [1.82, 2.24) is 0 Å². The predicted molar refractivity (Wildman–Crippen MR) is 106 cm³/mol. The number of carbonyl (C=O) groups is 2. The Morgan fingerprint density at radius 3 is 2.36 bits per heavy atom. The van der Waals surface area contributed by atoms with Crippen LogP contribution >= 0.6 is 0 Å². The Balaban J connectivity index is 1.51. The van der Waals surface area contributed by atoms with Crippen LogP contribution in [0.2, 0.25) is 0 Å². The van der Waals surface area contributed by atoms with Gasteiger partial charge in [-0.25, -0.2) is 8.42 Å². The topological polar surface area (TPSA) is 77.5 Å². The van der Waals surface area contributed by atoms with Gasteiger partial charge in [-0.2, -0.15) is 0 Å². The van der Waals surface area contributed by atoms with E-state index >= 15 is 0 Å². The van der Waals surface area contributed by atoms with Crippen LogP contribution in [-0.4, -0.2) is 32.5 Å². The molecule has 0 bridgehead atoms. The van der Waals surface area contributed by atoms with Crippen LogP contribution in [0.3, 0.4) is 0 Å². The van der Waals surface area contributed by atoms with Crippen LogP contribution < -0.4 is 0 Å². The number of esters is 1. The van der Waals surface area contributed by atoms with Gasteiger partial charge in [-0.1, -0.05) is 29.8 Å². The van der Waals surface area contributed by atoms with Crippen LogP contribution in [0.1, 0.15) is 46.3 Å². The Bertz CT molecular complexity index is 974. The van der Waals surface area contributed by atoms with Gasteiger partial charge < -0.3 is 4.74 Å². The summed E-state index contributed by atoms with van der Waals surface area (Å²) in [7, 11) is -3.56. The van der Waals surface area contributed by atoms with Gasteiger partial charge in [0.05, 0.1) is 17.1 Å². The SMILES string of the molecule is Cc1ccc(S(=O)(=O)CCC(=O)OCC(=O)c2ccc3c(c2)CCCC3)cc1. The molecule has 2 aromatic carbocycles. The van der Waals surface area contributed by atoms with Crippen molar-refractivity contribution < 1.29 is 22.7 Å². The number of benzene rings is 2. The first-order valence-corrected chi connectivity index (χ1v) is 11.1. The smallest absolute Gasteiger partial charge is 0.307 e. The Morgan fingerprint density at radius 1 is 0.964 bits per heavy atom. The molecule has 0 radical (unpaired) electrons. The van der Waals surface area contributed by atoms with Crippen LogP contribution in [0.4, 0.5) is 0 Å². The summed E-state index contributed by atoms with van der Waals surface area (Å²) in [6.45, 7) is 1.50. The molecule has 0 N–H and O–H groups in total. The summed E-state index contributed by atoms with van der Waals surface area (Å²) in [5.41, 5.74) is 3.95. The third-order valence-electron chi connectivity index (χ3n) is 4.99. The van der Waals surface area contributed by atoms with Gasteiger partial charge >= 0.3 is 5.97 Å². The van der Waals surface area contributed by atoms with Crippen molar-refractivity contribution in [3.63, 3.8) is 0 Å². The number of sulfone groups is 1. The molecule has 0 unspecified atom stereocenters. The molecule has 5 nitrogen and oxygen atoms in total. The molecule has 148 valence electrons. The average molecular weight is 400 g/mol. The molecule has 0 heterocycles. The minimum atomic E-state index is -3.56. The van der Waals surface area contributed by atoms with Gasteiger partial charge in [0.1, 0.15) is 0 Å². The van der Waals surface area contributed by atoms with Crippen molar-refractivity contribution in [3.05, 3.63) is 64.7 Å². The van der Waals surface area contributed by atoms with E-state index in [-0.39, 0.29) is 29.5 Å². The molecular weight excluding hydrogens is 376 g/mol. The van der Waals surface area contributed by atoms with Crippen molar-refractivity contribution in [1.29, 1.82) is 0 Å². The van der Waals surface area contributed by atoms with Crippen molar-refractivity contribution in [2.75, 3.05) is 12.4 Å². The maximum absolute atomic E-state index is 12.3. The van der Waals surface area contributed by atoms with E-state index in [1.165, 1.54) is 29.7 Å². The number of ether oxygens (including phenoxy) is 1. The van der Waals surface area contributed by atoms with E-state index in [0.717, 1.165) is 24.8 Å². The van der Waals surface area contributed by atoms with Crippen molar-refractivity contribution >= 4 is 21.6 Å². The lowest BCUT2D eigenvalue weighted by Crippen LogP contribution is -2.18. The van der Waals surface area contributed by atoms with Gasteiger partial charge in [0.15, 0.2) is 22.2 Å². The second-order valence-corrected chi connectivity index (χ2v) is 9.27. The summed E-state index contributed by atoms with van der Waals surface area (Å²) >= 11 is 0. The number of hydrogen-bond acceptors (Lipinski definition) is 5. The number of aryl methyl sites for hydroxylation is 3. The zero-order valence-electron chi connectivity index (χ0n) is 15.9. The number of Topliss-reactive ketones (excluding diaryl/α,β-unsaturated/α-hetero) is 1. The highest BCUT2D eigenvalue weighted by Crippen LogP contribution is 2.22. The van der Waals surface area contributed by atoms with E-state index in [4.69, 9.17) is 4.74 Å². The van der Waals surface area contributed by atoms with Crippen LogP contribution in [0.25, 0.3) is 0 Å². The molecule has 0 atom stereocenters. The van der Waals surface area contributed by atoms with Crippen LogP contribution in [0, 0.1) is 6.92 Å². The fraction of sp³-hybridized carbons (Fsp3) is 0.364. The second-order valence-electron chi connectivity index (χ2n) is 7.16. The maximum Gasteiger partial charge on any atom is 0.307 e. The molecule has 0 saturated heterocycles. The van der Waals surface area contributed by atoms with Crippen molar-refractivity contribution in [2.24, 2.45) is 0 Å². The Kier molecular flexibility index (Phi) is 6.29. The molecule has 0 spiro atoms. The van der Waals surface area contributed by atoms with Crippen LogP contribution in [0.5, 0.6) is 0 Å². The number of carbonyl (C=O) groups excluding carboxylic acids is 2. The molecule has 6 heteroatoms. The summed E-state index contributed by atoms with van der Waals surface area (Å²) in [4.78, 5) is 24.4. The van der Waals surface area contributed by atoms with Crippen LogP contribution in [-0.2, 0) is 32.2 Å². The first-order chi connectivity index (χ1) is 13.3. The Labute approximate surface area is 165 Å². The number of fused-ring (bicyclic) bond motifs is 1. The Hall–Kier alpha value is -2.47. The third kappa shape index (κ3) is 5.07. The molecule has 0 fully saturated rings. The largest absolute Gasteiger partial charge is 0.457 e. The van der Waals surface area contributed by atoms with Crippen molar-refractivity contribution in [2.45, 2.75) is 43.9 Å². The lowest BCUT2D eigenvalue weighted by molar-refractivity contribution is -0.142. The number of hydrogen-bond donors (Lipinski definition) is 0. The van der Waals surface area contributed by atoms with E-state index in [2.05, 4.69) is 0 Å². The van der Waals surface area contributed by atoms with E-state index < -0.39 is 15.8 Å². The predicted octanol–water partition coefficient (Wildman–Crippen LogP) is 3.46. The minimum absolute atomic E-state index is 0.177. The van der Waals surface area contributed by atoms with Gasteiger partial charge in [0.25, 0.3) is 0 Å². The lowest BCUT2D eigenvalue weighted by Gasteiger charge is -2.16. The molecule has 0 aliphatic heterocycles. The van der Waals surface area contributed by atoms with Gasteiger partial charge in [-0.15, -0.1) is 0 Å². The maximum atomic E-state index is 12.3.